The van der Waals surface area contributed by atoms with E-state index in [-0.39, 0.29) is 11.8 Å². The number of benzene rings is 1. The molecule has 0 spiro atoms. The summed E-state index contributed by atoms with van der Waals surface area (Å²) in [6.45, 7) is 6.31. The summed E-state index contributed by atoms with van der Waals surface area (Å²) in [5.41, 5.74) is 1.85. The van der Waals surface area contributed by atoms with Crippen LogP contribution in [0.2, 0.25) is 0 Å². The van der Waals surface area contributed by atoms with Crippen LogP contribution in [-0.2, 0) is 15.0 Å². The number of hydrogen-bond donors (Lipinski definition) is 2. The van der Waals surface area contributed by atoms with Gasteiger partial charge >= 0.3 is 5.97 Å². The maximum absolute atomic E-state index is 11.4. The van der Waals surface area contributed by atoms with E-state index in [1.807, 2.05) is 18.2 Å². The fourth-order valence-corrected chi connectivity index (χ4v) is 3.73. The first-order valence-electron chi connectivity index (χ1n) is 6.54. The summed E-state index contributed by atoms with van der Waals surface area (Å²) in [6.07, 6.45) is -0.150. The van der Waals surface area contributed by atoms with E-state index in [2.05, 4.69) is 38.4 Å². The third-order valence-corrected chi connectivity index (χ3v) is 4.62. The van der Waals surface area contributed by atoms with E-state index in [1.165, 1.54) is 11.3 Å². The smallest absolute Gasteiger partial charge is 0.313 e. The lowest BCUT2D eigenvalue weighted by Gasteiger charge is -2.19. The Morgan fingerprint density at radius 3 is 2.57 bits per heavy atom. The molecular formula is C15H17NO3S2. The van der Waals surface area contributed by atoms with Gasteiger partial charge in [-0.1, -0.05) is 32.9 Å². The number of carboxylic acid groups (broad SMARTS) is 1. The fraction of sp³-hybridized carbons (Fsp3) is 0.400. The Bertz CT molecular complexity index is 700. The van der Waals surface area contributed by atoms with Crippen LogP contribution in [0.5, 0.6) is 0 Å². The van der Waals surface area contributed by atoms with Gasteiger partial charge in [-0.05, 0) is 17.0 Å². The summed E-state index contributed by atoms with van der Waals surface area (Å²) < 4.78 is 0.984. The molecule has 0 radical (unpaired) electrons. The van der Waals surface area contributed by atoms with E-state index in [4.69, 9.17) is 0 Å². The van der Waals surface area contributed by atoms with Gasteiger partial charge in [0.05, 0.1) is 10.2 Å². The van der Waals surface area contributed by atoms with Gasteiger partial charge in [-0.25, -0.2) is 4.98 Å². The molecule has 1 heterocycles. The number of rotatable bonds is 4. The Morgan fingerprint density at radius 2 is 2.05 bits per heavy atom. The molecule has 1 aromatic carbocycles. The van der Waals surface area contributed by atoms with Crippen LogP contribution in [-0.4, -0.2) is 21.2 Å². The van der Waals surface area contributed by atoms with Gasteiger partial charge in [-0.2, -0.15) is 0 Å². The average molecular weight is 323 g/mol. The first-order chi connectivity index (χ1) is 9.70. The minimum Gasteiger partial charge on any atom is -0.481 e. The van der Waals surface area contributed by atoms with Crippen LogP contribution in [0.25, 0.3) is 10.2 Å². The van der Waals surface area contributed by atoms with Crippen LogP contribution < -0.4 is 0 Å². The second-order valence-electron chi connectivity index (χ2n) is 5.94. The van der Waals surface area contributed by atoms with E-state index >= 15 is 0 Å². The SMILES string of the molecule is CC(C)(C)c1cccc2nc(C(CC(=O)S)C(=O)O)sc12. The van der Waals surface area contributed by atoms with E-state index in [0.717, 1.165) is 15.8 Å². The van der Waals surface area contributed by atoms with Crippen LogP contribution in [0.3, 0.4) is 0 Å². The third-order valence-electron chi connectivity index (χ3n) is 3.21. The minimum absolute atomic E-state index is 0.0542. The number of aliphatic carboxylic acids is 1. The molecule has 0 aliphatic rings. The fourth-order valence-electron chi connectivity index (χ4n) is 2.16. The largest absolute Gasteiger partial charge is 0.481 e. The van der Waals surface area contributed by atoms with Crippen molar-refractivity contribution in [3.63, 3.8) is 0 Å². The van der Waals surface area contributed by atoms with Gasteiger partial charge in [0.25, 0.3) is 0 Å². The Hall–Kier alpha value is -1.40. The summed E-state index contributed by atoms with van der Waals surface area (Å²) in [7, 11) is 0. The van der Waals surface area contributed by atoms with Crippen LogP contribution in [0, 0.1) is 0 Å². The van der Waals surface area contributed by atoms with Crippen molar-refractivity contribution in [3.05, 3.63) is 28.8 Å². The van der Waals surface area contributed by atoms with Gasteiger partial charge in [0.15, 0.2) is 5.12 Å². The van der Waals surface area contributed by atoms with Gasteiger partial charge in [-0.3, -0.25) is 9.59 Å². The first kappa shape index (κ1) is 16.0. The van der Waals surface area contributed by atoms with Crippen molar-refractivity contribution in [1.82, 2.24) is 4.98 Å². The van der Waals surface area contributed by atoms with E-state index in [0.29, 0.717) is 5.01 Å². The molecule has 6 heteroatoms. The van der Waals surface area contributed by atoms with E-state index < -0.39 is 17.0 Å². The second-order valence-corrected chi connectivity index (χ2v) is 7.47. The van der Waals surface area contributed by atoms with Gasteiger partial charge in [0, 0.05) is 6.42 Å². The first-order valence-corrected chi connectivity index (χ1v) is 7.81. The number of hydrogen-bond acceptors (Lipinski definition) is 4. The van der Waals surface area contributed by atoms with E-state index in [9.17, 15) is 14.7 Å². The standard InChI is InChI=1S/C15H17NO3S2/c1-15(2,3)9-5-4-6-10-12(9)21-13(16-10)8(14(18)19)7-11(17)20/h4-6,8H,7H2,1-3H3,(H,17,20)(H,18,19). The lowest BCUT2D eigenvalue weighted by Crippen LogP contribution is -2.13. The van der Waals surface area contributed by atoms with Crippen molar-refractivity contribution < 1.29 is 14.7 Å². The minimum atomic E-state index is -1.05. The number of fused-ring (bicyclic) bond motifs is 1. The Kier molecular flexibility index (Phi) is 4.39. The molecule has 0 aliphatic heterocycles. The predicted octanol–water partition coefficient (Wildman–Crippen LogP) is 3.61. The van der Waals surface area contributed by atoms with Crippen molar-refractivity contribution in [2.24, 2.45) is 0 Å². The summed E-state index contributed by atoms with van der Waals surface area (Å²) in [6, 6.07) is 5.82. The summed E-state index contributed by atoms with van der Waals surface area (Å²) in [5.74, 6) is -1.98. The maximum Gasteiger partial charge on any atom is 0.313 e. The molecule has 0 saturated carbocycles. The molecule has 1 atom stereocenters. The van der Waals surface area contributed by atoms with Gasteiger partial charge in [0.2, 0.25) is 0 Å². The molecule has 1 unspecified atom stereocenters. The van der Waals surface area contributed by atoms with Crippen molar-refractivity contribution in [1.29, 1.82) is 0 Å². The van der Waals surface area contributed by atoms with Crippen molar-refractivity contribution >= 4 is 45.3 Å². The molecule has 0 amide bonds. The summed E-state index contributed by atoms with van der Waals surface area (Å²) >= 11 is 5.04. The predicted molar refractivity (Wildman–Crippen MR) is 87.3 cm³/mol. The van der Waals surface area contributed by atoms with E-state index in [1.54, 1.807) is 0 Å². The van der Waals surface area contributed by atoms with Crippen LogP contribution in [0.15, 0.2) is 18.2 Å². The molecule has 2 aromatic rings. The number of carbonyl (C=O) groups excluding carboxylic acids is 1. The number of aromatic nitrogens is 1. The number of carboxylic acids is 1. The lowest BCUT2D eigenvalue weighted by molar-refractivity contribution is -0.139. The molecule has 1 N–H and O–H groups in total. The average Bonchev–Trinajstić information content (AvgIpc) is 2.76. The lowest BCUT2D eigenvalue weighted by atomic mass is 9.87. The number of nitrogens with zero attached hydrogens (tertiary/aromatic N) is 1. The Labute approximate surface area is 132 Å². The second kappa shape index (κ2) is 5.77. The molecule has 4 nitrogen and oxygen atoms in total. The summed E-state index contributed by atoms with van der Waals surface area (Å²) in [5, 5.41) is 9.32. The van der Waals surface area contributed by atoms with Crippen LogP contribution in [0.1, 0.15) is 43.7 Å². The van der Waals surface area contributed by atoms with Gasteiger partial charge in [0.1, 0.15) is 10.9 Å². The molecule has 112 valence electrons. The zero-order valence-corrected chi connectivity index (χ0v) is 13.8. The molecule has 0 aliphatic carbocycles. The molecule has 0 saturated heterocycles. The van der Waals surface area contributed by atoms with Crippen molar-refractivity contribution in [2.75, 3.05) is 0 Å². The van der Waals surface area contributed by atoms with Crippen LogP contribution >= 0.6 is 24.0 Å². The highest BCUT2D eigenvalue weighted by molar-refractivity contribution is 7.96. The topological polar surface area (TPSA) is 67.3 Å². The monoisotopic (exact) mass is 323 g/mol. The quantitative estimate of drug-likeness (QED) is 0.844. The normalized spacial score (nSPS) is 13.3. The Morgan fingerprint density at radius 1 is 1.38 bits per heavy atom. The molecule has 0 bridgehead atoms. The zero-order valence-electron chi connectivity index (χ0n) is 12.1. The van der Waals surface area contributed by atoms with Crippen LogP contribution in [0.4, 0.5) is 0 Å². The third kappa shape index (κ3) is 3.44. The Balaban J connectivity index is 2.56. The molecule has 0 fully saturated rings. The zero-order chi connectivity index (χ0) is 15.8. The molecule has 2 rings (SSSR count). The summed E-state index contributed by atoms with van der Waals surface area (Å²) in [4.78, 5) is 26.9. The number of carbonyl (C=O) groups is 2. The van der Waals surface area contributed by atoms with Crippen molar-refractivity contribution in [2.45, 2.75) is 38.5 Å². The number of thiazole rings is 1. The molecule has 1 aromatic heterocycles. The van der Waals surface area contributed by atoms with Crippen molar-refractivity contribution in [3.8, 4) is 0 Å². The maximum atomic E-state index is 11.4. The molecule has 21 heavy (non-hydrogen) atoms. The highest BCUT2D eigenvalue weighted by Gasteiger charge is 2.27. The number of thiol groups is 1. The molecular weight excluding hydrogens is 306 g/mol. The highest BCUT2D eigenvalue weighted by atomic mass is 32.1. The van der Waals surface area contributed by atoms with Gasteiger partial charge < -0.3 is 5.11 Å². The van der Waals surface area contributed by atoms with Gasteiger partial charge in [-0.15, -0.1) is 24.0 Å². The highest BCUT2D eigenvalue weighted by Crippen LogP contribution is 2.36.